The molecule has 1 amide bonds. The highest BCUT2D eigenvalue weighted by Crippen LogP contribution is 2.22. The Labute approximate surface area is 127 Å². The van der Waals surface area contributed by atoms with Crippen molar-refractivity contribution in [1.82, 2.24) is 10.3 Å². The quantitative estimate of drug-likeness (QED) is 0.811. The summed E-state index contributed by atoms with van der Waals surface area (Å²) in [5.74, 6) is 0.755. The van der Waals surface area contributed by atoms with E-state index in [1.807, 2.05) is 31.2 Å². The molecule has 1 unspecified atom stereocenters. The molecule has 0 bridgehead atoms. The second-order valence-corrected chi connectivity index (χ2v) is 6.37. The van der Waals surface area contributed by atoms with Crippen LogP contribution in [-0.4, -0.2) is 16.9 Å². The molecule has 3 nitrogen and oxygen atoms in total. The molecule has 0 aliphatic heterocycles. The summed E-state index contributed by atoms with van der Waals surface area (Å²) in [4.78, 5) is 15.8. The number of H-pyrrole nitrogens is 1. The zero-order valence-corrected chi connectivity index (χ0v) is 13.5. The minimum absolute atomic E-state index is 0.0296. The lowest BCUT2D eigenvalue weighted by Crippen LogP contribution is -2.32. The smallest absolute Gasteiger partial charge is 0.253 e. The lowest BCUT2D eigenvalue weighted by atomic mass is 10.0. The van der Waals surface area contributed by atoms with Gasteiger partial charge in [-0.2, -0.15) is 0 Å². The summed E-state index contributed by atoms with van der Waals surface area (Å²) in [5, 5.41) is 4.13. The van der Waals surface area contributed by atoms with Gasteiger partial charge in [-0.15, -0.1) is 0 Å². The first-order chi connectivity index (χ1) is 9.99. The third-order valence-electron chi connectivity index (χ3n) is 3.92. The maximum absolute atomic E-state index is 12.5. The Hall–Kier alpha value is -1.77. The number of carbonyl (C=O) groups is 1. The number of aromatic nitrogens is 1. The van der Waals surface area contributed by atoms with E-state index in [9.17, 15) is 4.79 Å². The Bertz CT molecular complexity index is 613. The van der Waals surface area contributed by atoms with Crippen molar-refractivity contribution in [2.75, 3.05) is 0 Å². The minimum Gasteiger partial charge on any atom is -0.358 e. The second-order valence-electron chi connectivity index (χ2n) is 6.37. The molecule has 0 saturated carbocycles. The molecule has 2 N–H and O–H groups in total. The summed E-state index contributed by atoms with van der Waals surface area (Å²) in [7, 11) is 0. The van der Waals surface area contributed by atoms with E-state index >= 15 is 0 Å². The molecule has 0 aliphatic carbocycles. The van der Waals surface area contributed by atoms with E-state index in [1.54, 1.807) is 0 Å². The fourth-order valence-corrected chi connectivity index (χ4v) is 2.77. The molecule has 21 heavy (non-hydrogen) atoms. The van der Waals surface area contributed by atoms with Gasteiger partial charge in [0.15, 0.2) is 0 Å². The molecular formula is C18H26N2O. The third-order valence-corrected chi connectivity index (χ3v) is 3.92. The van der Waals surface area contributed by atoms with Crippen LogP contribution < -0.4 is 5.32 Å². The van der Waals surface area contributed by atoms with Crippen molar-refractivity contribution >= 4 is 16.8 Å². The van der Waals surface area contributed by atoms with Crippen LogP contribution in [0.1, 0.15) is 56.1 Å². The van der Waals surface area contributed by atoms with Gasteiger partial charge in [-0.25, -0.2) is 0 Å². The molecule has 3 heteroatoms. The molecular weight excluding hydrogens is 260 g/mol. The Balaban J connectivity index is 2.03. The van der Waals surface area contributed by atoms with Crippen LogP contribution in [0, 0.1) is 12.8 Å². The van der Waals surface area contributed by atoms with E-state index in [0.29, 0.717) is 0 Å². The average Bonchev–Trinajstić information content (AvgIpc) is 2.73. The predicted octanol–water partition coefficient (Wildman–Crippen LogP) is 4.42. The zero-order valence-electron chi connectivity index (χ0n) is 13.5. The molecule has 0 aliphatic rings. The highest BCUT2D eigenvalue weighted by Gasteiger charge is 2.17. The van der Waals surface area contributed by atoms with Crippen LogP contribution in [-0.2, 0) is 0 Å². The first-order valence-electron chi connectivity index (χ1n) is 7.87. The topological polar surface area (TPSA) is 44.9 Å². The average molecular weight is 286 g/mol. The molecule has 2 rings (SSSR count). The van der Waals surface area contributed by atoms with Crippen molar-refractivity contribution < 1.29 is 4.79 Å². The van der Waals surface area contributed by atoms with Gasteiger partial charge in [0.05, 0.1) is 5.56 Å². The Kier molecular flexibility index (Phi) is 5.05. The van der Waals surface area contributed by atoms with Crippen molar-refractivity contribution in [3.63, 3.8) is 0 Å². The number of hydrogen-bond donors (Lipinski definition) is 2. The van der Waals surface area contributed by atoms with E-state index in [0.717, 1.165) is 40.9 Å². The summed E-state index contributed by atoms with van der Waals surface area (Å²) in [6, 6.07) is 8.17. The molecule has 0 fully saturated rings. The first-order valence-corrected chi connectivity index (χ1v) is 7.87. The number of aryl methyl sites for hydroxylation is 1. The lowest BCUT2D eigenvalue weighted by Gasteiger charge is -2.14. The van der Waals surface area contributed by atoms with Crippen molar-refractivity contribution in [2.45, 2.75) is 53.0 Å². The highest BCUT2D eigenvalue weighted by molar-refractivity contribution is 6.08. The monoisotopic (exact) mass is 286 g/mol. The fraction of sp³-hybridized carbons (Fsp3) is 0.500. The van der Waals surface area contributed by atoms with Gasteiger partial charge in [-0.3, -0.25) is 4.79 Å². The van der Waals surface area contributed by atoms with Crippen LogP contribution in [0.25, 0.3) is 10.9 Å². The number of carbonyl (C=O) groups excluding carboxylic acids is 1. The van der Waals surface area contributed by atoms with Crippen molar-refractivity contribution in [2.24, 2.45) is 5.92 Å². The number of para-hydroxylation sites is 1. The molecule has 1 aromatic heterocycles. The predicted molar refractivity (Wildman–Crippen MR) is 88.7 cm³/mol. The summed E-state index contributed by atoms with van der Waals surface area (Å²) < 4.78 is 0. The van der Waals surface area contributed by atoms with Gasteiger partial charge in [-0.05, 0) is 32.3 Å². The normalized spacial score (nSPS) is 12.8. The van der Waals surface area contributed by atoms with Crippen LogP contribution in [0.2, 0.25) is 0 Å². The van der Waals surface area contributed by atoms with Crippen LogP contribution in [0.5, 0.6) is 0 Å². The lowest BCUT2D eigenvalue weighted by molar-refractivity contribution is 0.0939. The van der Waals surface area contributed by atoms with Gasteiger partial charge in [-0.1, -0.05) is 44.9 Å². The molecule has 0 spiro atoms. The Morgan fingerprint density at radius 2 is 1.90 bits per heavy atom. The number of hydrogen-bond acceptors (Lipinski definition) is 1. The number of aromatic amines is 1. The van der Waals surface area contributed by atoms with Crippen molar-refractivity contribution in [1.29, 1.82) is 0 Å². The molecule has 114 valence electrons. The zero-order chi connectivity index (χ0) is 15.4. The van der Waals surface area contributed by atoms with Gasteiger partial charge in [0.1, 0.15) is 0 Å². The van der Waals surface area contributed by atoms with Crippen LogP contribution >= 0.6 is 0 Å². The minimum atomic E-state index is 0.0296. The van der Waals surface area contributed by atoms with E-state index < -0.39 is 0 Å². The second kappa shape index (κ2) is 6.79. The molecule has 0 radical (unpaired) electrons. The largest absolute Gasteiger partial charge is 0.358 e. The molecule has 0 saturated heterocycles. The van der Waals surface area contributed by atoms with Gasteiger partial charge < -0.3 is 10.3 Å². The number of fused-ring (bicyclic) bond motifs is 1. The summed E-state index contributed by atoms with van der Waals surface area (Å²) in [5.41, 5.74) is 2.73. The fourth-order valence-electron chi connectivity index (χ4n) is 2.77. The van der Waals surface area contributed by atoms with E-state index in [1.165, 1.54) is 6.42 Å². The summed E-state index contributed by atoms with van der Waals surface area (Å²) >= 11 is 0. The van der Waals surface area contributed by atoms with E-state index in [2.05, 4.69) is 31.1 Å². The highest BCUT2D eigenvalue weighted by atomic mass is 16.1. The number of rotatable bonds is 6. The number of benzene rings is 1. The SMILES string of the molecule is Cc1[nH]c2ccccc2c1C(=O)NC(C)CCCC(C)C. The summed E-state index contributed by atoms with van der Waals surface area (Å²) in [6.07, 6.45) is 3.41. The number of amides is 1. The molecule has 1 atom stereocenters. The molecule has 1 heterocycles. The Morgan fingerprint density at radius 1 is 1.19 bits per heavy atom. The van der Waals surface area contributed by atoms with Crippen molar-refractivity contribution in [3.8, 4) is 0 Å². The molecule has 2 aromatic rings. The van der Waals surface area contributed by atoms with Gasteiger partial charge >= 0.3 is 0 Å². The van der Waals surface area contributed by atoms with Gasteiger partial charge in [0, 0.05) is 22.6 Å². The Morgan fingerprint density at radius 3 is 2.62 bits per heavy atom. The van der Waals surface area contributed by atoms with E-state index in [-0.39, 0.29) is 11.9 Å². The maximum atomic E-state index is 12.5. The molecule has 1 aromatic carbocycles. The summed E-state index contributed by atoms with van der Waals surface area (Å²) in [6.45, 7) is 8.51. The van der Waals surface area contributed by atoms with E-state index in [4.69, 9.17) is 0 Å². The third kappa shape index (κ3) is 3.87. The standard InChI is InChI=1S/C18H26N2O/c1-12(2)8-7-9-13(3)19-18(21)17-14(4)20-16-11-6-5-10-15(16)17/h5-6,10-13,20H,7-9H2,1-4H3,(H,19,21). The number of nitrogens with one attached hydrogen (secondary N) is 2. The first kappa shape index (κ1) is 15.6. The van der Waals surface area contributed by atoms with Crippen LogP contribution in [0.15, 0.2) is 24.3 Å². The maximum Gasteiger partial charge on any atom is 0.253 e. The van der Waals surface area contributed by atoms with Gasteiger partial charge in [0.2, 0.25) is 0 Å². The van der Waals surface area contributed by atoms with Crippen LogP contribution in [0.4, 0.5) is 0 Å². The van der Waals surface area contributed by atoms with Crippen LogP contribution in [0.3, 0.4) is 0 Å². The van der Waals surface area contributed by atoms with Crippen molar-refractivity contribution in [3.05, 3.63) is 35.5 Å². The van der Waals surface area contributed by atoms with Gasteiger partial charge in [0.25, 0.3) is 5.91 Å².